The van der Waals surface area contributed by atoms with E-state index in [0.717, 1.165) is 0 Å². The van der Waals surface area contributed by atoms with Crippen LogP contribution in [0.2, 0.25) is 0 Å². The van der Waals surface area contributed by atoms with Crippen LogP contribution in [0, 0.1) is 0 Å². The summed E-state index contributed by atoms with van der Waals surface area (Å²) < 4.78 is 10.6. The van der Waals surface area contributed by atoms with Crippen molar-refractivity contribution in [3.63, 3.8) is 0 Å². The van der Waals surface area contributed by atoms with E-state index in [1.54, 1.807) is 0 Å². The topological polar surface area (TPSA) is 168 Å². The monoisotopic (exact) mass is 482 g/mol. The zero-order valence-corrected chi connectivity index (χ0v) is 19.2. The lowest BCUT2D eigenvalue weighted by atomic mass is 10.0. The van der Waals surface area contributed by atoms with Gasteiger partial charge in [0.05, 0.1) is 23.8 Å². The molecule has 190 valence electrons. The standard InChI is InChI=1S/C24H34O10/c25-15-6-7-19(26)20(34-24(32)18-13-11-17(12-14-18)23(30)31)8-2-1-5-16-33-22(29)10-4-3-9-21(27)28/h11-14,19-20,25-26H,1-10,15-16H2,(H,27,28)(H,30,31). The molecule has 1 rings (SSSR count). The van der Waals surface area contributed by atoms with E-state index in [0.29, 0.717) is 44.9 Å². The number of aliphatic carboxylic acids is 1. The summed E-state index contributed by atoms with van der Waals surface area (Å²) in [7, 11) is 0. The summed E-state index contributed by atoms with van der Waals surface area (Å²) in [5.74, 6) is -3.05. The lowest BCUT2D eigenvalue weighted by Crippen LogP contribution is -2.31. The third-order valence-electron chi connectivity index (χ3n) is 5.13. The highest BCUT2D eigenvalue weighted by atomic mass is 16.6. The van der Waals surface area contributed by atoms with Crippen molar-refractivity contribution in [3.05, 3.63) is 35.4 Å². The molecule has 34 heavy (non-hydrogen) atoms. The normalized spacial score (nSPS) is 12.5. The van der Waals surface area contributed by atoms with E-state index in [-0.39, 0.29) is 49.6 Å². The number of rotatable bonds is 18. The van der Waals surface area contributed by atoms with Crippen LogP contribution in [0.15, 0.2) is 24.3 Å². The first kappa shape index (κ1) is 29.1. The Morgan fingerprint density at radius 2 is 1.44 bits per heavy atom. The summed E-state index contributed by atoms with van der Waals surface area (Å²) in [5.41, 5.74) is 0.205. The molecule has 2 unspecified atom stereocenters. The van der Waals surface area contributed by atoms with Crippen LogP contribution in [0.1, 0.15) is 84.9 Å². The van der Waals surface area contributed by atoms with Gasteiger partial charge in [0.1, 0.15) is 6.10 Å². The molecule has 0 spiro atoms. The molecule has 0 amide bonds. The molecule has 0 fully saturated rings. The maximum Gasteiger partial charge on any atom is 0.338 e. The number of aromatic carboxylic acids is 1. The predicted molar refractivity (Wildman–Crippen MR) is 120 cm³/mol. The summed E-state index contributed by atoms with van der Waals surface area (Å²) in [6.07, 6.45) is 2.16. The minimum atomic E-state index is -1.11. The van der Waals surface area contributed by atoms with Crippen LogP contribution in [-0.2, 0) is 19.1 Å². The van der Waals surface area contributed by atoms with E-state index in [1.165, 1.54) is 24.3 Å². The summed E-state index contributed by atoms with van der Waals surface area (Å²) in [5, 5.41) is 36.9. The zero-order chi connectivity index (χ0) is 25.3. The quantitative estimate of drug-likeness (QED) is 0.180. The van der Waals surface area contributed by atoms with Crippen molar-refractivity contribution >= 4 is 23.9 Å². The SMILES string of the molecule is O=C(O)CCCCC(=O)OCCCCCC(OC(=O)c1ccc(C(=O)O)cc1)C(O)CCCO. The number of carbonyl (C=O) groups excluding carboxylic acids is 2. The number of ether oxygens (including phenoxy) is 2. The number of carboxylic acids is 2. The van der Waals surface area contributed by atoms with Crippen LogP contribution in [0.3, 0.4) is 0 Å². The highest BCUT2D eigenvalue weighted by Crippen LogP contribution is 2.17. The van der Waals surface area contributed by atoms with Gasteiger partial charge >= 0.3 is 23.9 Å². The van der Waals surface area contributed by atoms with E-state index < -0.39 is 30.1 Å². The fourth-order valence-electron chi connectivity index (χ4n) is 3.20. The molecule has 0 aliphatic carbocycles. The van der Waals surface area contributed by atoms with Gasteiger partial charge in [0.15, 0.2) is 0 Å². The molecule has 10 heteroatoms. The number of unbranched alkanes of at least 4 members (excludes halogenated alkanes) is 3. The minimum Gasteiger partial charge on any atom is -0.481 e. The summed E-state index contributed by atoms with van der Waals surface area (Å²) in [4.78, 5) is 45.4. The molecular weight excluding hydrogens is 448 g/mol. The Kier molecular flexibility index (Phi) is 14.2. The lowest BCUT2D eigenvalue weighted by Gasteiger charge is -2.23. The van der Waals surface area contributed by atoms with Crippen molar-refractivity contribution in [1.29, 1.82) is 0 Å². The highest BCUT2D eigenvalue weighted by Gasteiger charge is 2.23. The van der Waals surface area contributed by atoms with Crippen LogP contribution >= 0.6 is 0 Å². The molecule has 0 aliphatic rings. The Bertz CT molecular complexity index is 774. The van der Waals surface area contributed by atoms with E-state index >= 15 is 0 Å². The zero-order valence-electron chi connectivity index (χ0n) is 19.2. The third-order valence-corrected chi connectivity index (χ3v) is 5.13. The number of carboxylic acid groups (broad SMARTS) is 2. The predicted octanol–water partition coefficient (Wildman–Crippen LogP) is 2.79. The Morgan fingerprint density at radius 3 is 2.06 bits per heavy atom. The first-order chi connectivity index (χ1) is 16.2. The second-order valence-corrected chi connectivity index (χ2v) is 7.93. The van der Waals surface area contributed by atoms with Crippen LogP contribution < -0.4 is 0 Å². The van der Waals surface area contributed by atoms with Gasteiger partial charge in [-0.05, 0) is 75.6 Å². The van der Waals surface area contributed by atoms with Gasteiger partial charge in [-0.15, -0.1) is 0 Å². The van der Waals surface area contributed by atoms with Crippen molar-refractivity contribution in [2.45, 2.75) is 76.4 Å². The average Bonchev–Trinajstić information content (AvgIpc) is 2.81. The third kappa shape index (κ3) is 12.3. The molecule has 4 N–H and O–H groups in total. The van der Waals surface area contributed by atoms with Crippen molar-refractivity contribution in [1.82, 2.24) is 0 Å². The average molecular weight is 483 g/mol. The molecule has 0 heterocycles. The molecule has 0 aromatic heterocycles. The lowest BCUT2D eigenvalue weighted by molar-refractivity contribution is -0.144. The first-order valence-corrected chi connectivity index (χ1v) is 11.4. The number of aliphatic hydroxyl groups excluding tert-OH is 2. The first-order valence-electron chi connectivity index (χ1n) is 11.4. The van der Waals surface area contributed by atoms with Crippen molar-refractivity contribution in [2.24, 2.45) is 0 Å². The Morgan fingerprint density at radius 1 is 0.794 bits per heavy atom. The molecule has 2 atom stereocenters. The van der Waals surface area contributed by atoms with E-state index in [9.17, 15) is 24.3 Å². The Balaban J connectivity index is 2.43. The molecule has 10 nitrogen and oxygen atoms in total. The molecule has 1 aromatic rings. The number of aliphatic hydroxyl groups is 2. The van der Waals surface area contributed by atoms with Crippen molar-refractivity contribution in [3.8, 4) is 0 Å². The highest BCUT2D eigenvalue weighted by molar-refractivity contribution is 5.92. The molecule has 0 saturated carbocycles. The molecular formula is C24H34O10. The second-order valence-electron chi connectivity index (χ2n) is 7.93. The van der Waals surface area contributed by atoms with Gasteiger partial charge < -0.3 is 29.9 Å². The molecule has 0 saturated heterocycles. The van der Waals surface area contributed by atoms with Gasteiger partial charge in [-0.3, -0.25) is 9.59 Å². The molecule has 0 bridgehead atoms. The summed E-state index contributed by atoms with van der Waals surface area (Å²) in [6.45, 7) is 0.126. The van der Waals surface area contributed by atoms with Gasteiger partial charge in [-0.25, -0.2) is 9.59 Å². The van der Waals surface area contributed by atoms with Crippen LogP contribution in [0.4, 0.5) is 0 Å². The van der Waals surface area contributed by atoms with E-state index in [2.05, 4.69) is 0 Å². The summed E-state index contributed by atoms with van der Waals surface area (Å²) >= 11 is 0. The largest absolute Gasteiger partial charge is 0.481 e. The van der Waals surface area contributed by atoms with Crippen LogP contribution in [-0.4, -0.2) is 69.7 Å². The Hall–Kier alpha value is -2.98. The number of carbonyl (C=O) groups is 4. The van der Waals surface area contributed by atoms with Gasteiger partial charge in [-0.1, -0.05) is 0 Å². The molecule has 1 aromatic carbocycles. The minimum absolute atomic E-state index is 0.0246. The van der Waals surface area contributed by atoms with Gasteiger partial charge in [0.25, 0.3) is 0 Å². The number of benzene rings is 1. The van der Waals surface area contributed by atoms with Gasteiger partial charge in [0, 0.05) is 19.4 Å². The second kappa shape index (κ2) is 16.6. The van der Waals surface area contributed by atoms with E-state index in [1.807, 2.05) is 0 Å². The van der Waals surface area contributed by atoms with Crippen LogP contribution in [0.25, 0.3) is 0 Å². The smallest absolute Gasteiger partial charge is 0.338 e. The number of hydrogen-bond acceptors (Lipinski definition) is 8. The molecule has 0 radical (unpaired) electrons. The fourth-order valence-corrected chi connectivity index (χ4v) is 3.20. The van der Waals surface area contributed by atoms with Gasteiger partial charge in [0.2, 0.25) is 0 Å². The van der Waals surface area contributed by atoms with Crippen molar-refractivity contribution < 1.29 is 49.1 Å². The number of esters is 2. The maximum atomic E-state index is 12.4. The van der Waals surface area contributed by atoms with Crippen molar-refractivity contribution in [2.75, 3.05) is 13.2 Å². The van der Waals surface area contributed by atoms with Crippen LogP contribution in [0.5, 0.6) is 0 Å². The van der Waals surface area contributed by atoms with E-state index in [4.69, 9.17) is 24.8 Å². The maximum absolute atomic E-state index is 12.4. The van der Waals surface area contributed by atoms with Gasteiger partial charge in [-0.2, -0.15) is 0 Å². The summed E-state index contributed by atoms with van der Waals surface area (Å²) in [6, 6.07) is 5.28. The fraction of sp³-hybridized carbons (Fsp3) is 0.583. The number of hydrogen-bond donors (Lipinski definition) is 4. The molecule has 0 aliphatic heterocycles. The Labute approximate surface area is 198 Å².